The normalized spacial score (nSPS) is 8.81. The molecule has 0 aliphatic carbocycles. The number of ether oxygens (including phenoxy) is 2. The fourth-order valence-electron chi connectivity index (χ4n) is 1.03. The molecule has 0 N–H and O–H groups in total. The molecule has 1 aromatic rings. The molecule has 88 valence electrons. The summed E-state index contributed by atoms with van der Waals surface area (Å²) in [5, 5.41) is 0. The molecule has 0 amide bonds. The minimum atomic E-state index is -0.316. The lowest BCUT2D eigenvalue weighted by atomic mass is 10.2. The van der Waals surface area contributed by atoms with Crippen molar-refractivity contribution in [3.05, 3.63) is 35.9 Å². The van der Waals surface area contributed by atoms with Crippen molar-refractivity contribution in [2.45, 2.75) is 13.5 Å². The van der Waals surface area contributed by atoms with Crippen molar-refractivity contribution in [1.29, 1.82) is 0 Å². The summed E-state index contributed by atoms with van der Waals surface area (Å²) in [6.45, 7) is 4.63. The first-order valence-corrected chi connectivity index (χ1v) is 4.89. The molecule has 0 saturated heterocycles. The number of carbonyl (C=O) groups is 2. The molecule has 0 unspecified atom stereocenters. The second-order valence-corrected chi connectivity index (χ2v) is 2.78. The first-order chi connectivity index (χ1) is 7.83. The first kappa shape index (κ1) is 14.3. The van der Waals surface area contributed by atoms with Gasteiger partial charge in [0.05, 0.1) is 13.2 Å². The molecule has 0 fully saturated rings. The van der Waals surface area contributed by atoms with E-state index in [1.54, 1.807) is 6.92 Å². The van der Waals surface area contributed by atoms with Gasteiger partial charge >= 0.3 is 5.97 Å². The number of rotatable bonds is 5. The van der Waals surface area contributed by atoms with Crippen LogP contribution in [-0.2, 0) is 25.7 Å². The van der Waals surface area contributed by atoms with E-state index in [-0.39, 0.29) is 12.6 Å². The van der Waals surface area contributed by atoms with Crippen molar-refractivity contribution in [2.75, 3.05) is 13.2 Å². The first-order valence-electron chi connectivity index (χ1n) is 4.89. The summed E-state index contributed by atoms with van der Waals surface area (Å²) < 4.78 is 9.88. The van der Waals surface area contributed by atoms with Gasteiger partial charge in [0, 0.05) is 0 Å². The van der Waals surface area contributed by atoms with E-state index in [1.807, 2.05) is 37.1 Å². The molecular weight excluding hydrogens is 208 g/mol. The lowest BCUT2D eigenvalue weighted by Gasteiger charge is -2.03. The zero-order valence-corrected chi connectivity index (χ0v) is 9.35. The number of carbonyl (C=O) groups excluding carboxylic acids is 2. The smallest absolute Gasteiger partial charge is 0.332 e. The van der Waals surface area contributed by atoms with Crippen molar-refractivity contribution in [2.24, 2.45) is 0 Å². The third-order valence-electron chi connectivity index (χ3n) is 1.64. The summed E-state index contributed by atoms with van der Waals surface area (Å²) >= 11 is 0. The number of hydrogen-bond donors (Lipinski definition) is 0. The highest BCUT2D eigenvalue weighted by atomic mass is 16.6. The number of esters is 1. The fraction of sp³-hybridized carbons (Fsp3) is 0.333. The SMILES string of the molecule is C=O.CCOC(=O)COCc1ccccc1. The summed E-state index contributed by atoms with van der Waals surface area (Å²) in [6.07, 6.45) is 0. The van der Waals surface area contributed by atoms with Gasteiger partial charge in [0.25, 0.3) is 0 Å². The molecule has 0 atom stereocenters. The van der Waals surface area contributed by atoms with Crippen LogP contribution in [0.3, 0.4) is 0 Å². The average Bonchev–Trinajstić information content (AvgIpc) is 2.33. The Kier molecular flexibility index (Phi) is 8.82. The van der Waals surface area contributed by atoms with Gasteiger partial charge in [-0.1, -0.05) is 30.3 Å². The van der Waals surface area contributed by atoms with Crippen molar-refractivity contribution in [3.63, 3.8) is 0 Å². The maximum absolute atomic E-state index is 10.9. The highest BCUT2D eigenvalue weighted by Gasteiger charge is 2.00. The minimum Gasteiger partial charge on any atom is -0.464 e. The van der Waals surface area contributed by atoms with Gasteiger partial charge in [0.1, 0.15) is 13.4 Å². The Hall–Kier alpha value is -1.68. The van der Waals surface area contributed by atoms with Gasteiger partial charge in [-0.25, -0.2) is 4.79 Å². The van der Waals surface area contributed by atoms with Gasteiger partial charge in [-0.05, 0) is 12.5 Å². The second-order valence-electron chi connectivity index (χ2n) is 2.78. The topological polar surface area (TPSA) is 52.6 Å². The Morgan fingerprint density at radius 3 is 2.44 bits per heavy atom. The molecule has 0 radical (unpaired) electrons. The van der Waals surface area contributed by atoms with E-state index in [0.29, 0.717) is 13.2 Å². The van der Waals surface area contributed by atoms with Gasteiger partial charge in [0.2, 0.25) is 0 Å². The van der Waals surface area contributed by atoms with Crippen molar-refractivity contribution in [3.8, 4) is 0 Å². The lowest BCUT2D eigenvalue weighted by Crippen LogP contribution is -2.12. The Labute approximate surface area is 95.2 Å². The molecule has 0 bridgehead atoms. The van der Waals surface area contributed by atoms with Crippen LogP contribution in [0.5, 0.6) is 0 Å². The van der Waals surface area contributed by atoms with E-state index in [2.05, 4.69) is 0 Å². The van der Waals surface area contributed by atoms with Crippen LogP contribution in [0, 0.1) is 0 Å². The molecule has 0 aromatic heterocycles. The van der Waals surface area contributed by atoms with E-state index in [0.717, 1.165) is 5.56 Å². The van der Waals surface area contributed by atoms with Gasteiger partial charge in [0.15, 0.2) is 0 Å². The van der Waals surface area contributed by atoms with Crippen LogP contribution in [-0.4, -0.2) is 26.0 Å². The quantitative estimate of drug-likeness (QED) is 0.712. The monoisotopic (exact) mass is 224 g/mol. The summed E-state index contributed by atoms with van der Waals surface area (Å²) in [5.74, 6) is -0.316. The molecule has 0 spiro atoms. The van der Waals surface area contributed by atoms with Crippen LogP contribution in [0.15, 0.2) is 30.3 Å². The van der Waals surface area contributed by atoms with Crippen molar-refractivity contribution >= 4 is 12.8 Å². The standard InChI is InChI=1S/C11H14O3.CH2O/c1-2-14-11(12)9-13-8-10-6-4-3-5-7-10;1-2/h3-7H,2,8-9H2,1H3;1H2. The Balaban J connectivity index is 0.00000106. The molecule has 16 heavy (non-hydrogen) atoms. The van der Waals surface area contributed by atoms with Gasteiger partial charge in [-0.15, -0.1) is 0 Å². The molecule has 4 heteroatoms. The maximum Gasteiger partial charge on any atom is 0.332 e. The molecule has 0 aliphatic rings. The summed E-state index contributed by atoms with van der Waals surface area (Å²) in [7, 11) is 0. The molecular formula is C12H16O4. The van der Waals surface area contributed by atoms with Gasteiger partial charge in [-0.3, -0.25) is 0 Å². The molecule has 0 saturated carbocycles. The minimum absolute atomic E-state index is 0.0166. The van der Waals surface area contributed by atoms with Crippen molar-refractivity contribution < 1.29 is 19.1 Å². The Bertz CT molecular complexity index is 284. The third-order valence-corrected chi connectivity index (χ3v) is 1.64. The van der Waals surface area contributed by atoms with Crippen LogP contribution in [0.4, 0.5) is 0 Å². The van der Waals surface area contributed by atoms with E-state index < -0.39 is 0 Å². The second kappa shape index (κ2) is 9.86. The number of benzene rings is 1. The zero-order valence-electron chi connectivity index (χ0n) is 9.35. The van der Waals surface area contributed by atoms with E-state index in [9.17, 15) is 4.79 Å². The average molecular weight is 224 g/mol. The molecule has 1 aromatic carbocycles. The van der Waals surface area contributed by atoms with Crippen molar-refractivity contribution in [1.82, 2.24) is 0 Å². The number of hydrogen-bond acceptors (Lipinski definition) is 4. The van der Waals surface area contributed by atoms with Crippen LogP contribution in [0.2, 0.25) is 0 Å². The van der Waals surface area contributed by atoms with E-state index >= 15 is 0 Å². The largest absolute Gasteiger partial charge is 0.464 e. The maximum atomic E-state index is 10.9. The molecule has 0 heterocycles. The highest BCUT2D eigenvalue weighted by molar-refractivity contribution is 5.70. The van der Waals surface area contributed by atoms with Crippen LogP contribution in [0.25, 0.3) is 0 Å². The van der Waals surface area contributed by atoms with E-state index in [4.69, 9.17) is 14.3 Å². The zero-order chi connectivity index (χ0) is 12.2. The summed E-state index contributed by atoms with van der Waals surface area (Å²) in [5.41, 5.74) is 1.05. The molecule has 4 nitrogen and oxygen atoms in total. The summed E-state index contributed by atoms with van der Waals surface area (Å²) in [4.78, 5) is 18.9. The van der Waals surface area contributed by atoms with Gasteiger partial charge in [-0.2, -0.15) is 0 Å². The Morgan fingerprint density at radius 1 is 1.25 bits per heavy atom. The Morgan fingerprint density at radius 2 is 1.88 bits per heavy atom. The van der Waals surface area contributed by atoms with E-state index in [1.165, 1.54) is 0 Å². The predicted octanol–water partition coefficient (Wildman–Crippen LogP) is 1.58. The van der Waals surface area contributed by atoms with Crippen LogP contribution in [0.1, 0.15) is 12.5 Å². The fourth-order valence-corrected chi connectivity index (χ4v) is 1.03. The molecule has 0 aliphatic heterocycles. The highest BCUT2D eigenvalue weighted by Crippen LogP contribution is 2.00. The lowest BCUT2D eigenvalue weighted by molar-refractivity contribution is -0.148. The van der Waals surface area contributed by atoms with Gasteiger partial charge < -0.3 is 14.3 Å². The van der Waals surface area contributed by atoms with Crippen LogP contribution >= 0.6 is 0 Å². The van der Waals surface area contributed by atoms with Crippen LogP contribution < -0.4 is 0 Å². The summed E-state index contributed by atoms with van der Waals surface area (Å²) in [6, 6.07) is 9.71. The molecule has 1 rings (SSSR count). The predicted molar refractivity (Wildman–Crippen MR) is 59.9 cm³/mol. The third kappa shape index (κ3) is 6.73.